The predicted molar refractivity (Wildman–Crippen MR) is 100 cm³/mol. The van der Waals surface area contributed by atoms with Crippen LogP contribution < -0.4 is 10.1 Å². The molecule has 2 aromatic rings. The van der Waals surface area contributed by atoms with Crippen LogP contribution in [0.1, 0.15) is 23.6 Å². The molecule has 0 unspecified atom stereocenters. The monoisotopic (exact) mass is 373 g/mol. The van der Waals surface area contributed by atoms with E-state index in [0.29, 0.717) is 18.7 Å². The molecule has 27 heavy (non-hydrogen) atoms. The molecule has 0 aromatic heterocycles. The van der Waals surface area contributed by atoms with Crippen molar-refractivity contribution in [3.05, 3.63) is 65.0 Å². The summed E-state index contributed by atoms with van der Waals surface area (Å²) in [4.78, 5) is 23.9. The van der Waals surface area contributed by atoms with Crippen molar-refractivity contribution in [2.75, 3.05) is 13.2 Å². The first kappa shape index (κ1) is 20.4. The Hall–Kier alpha value is -2.89. The van der Waals surface area contributed by atoms with E-state index >= 15 is 0 Å². The maximum absolute atomic E-state index is 12.8. The van der Waals surface area contributed by atoms with Crippen LogP contribution in [0.2, 0.25) is 0 Å². The minimum absolute atomic E-state index is 0.268. The van der Waals surface area contributed by atoms with Gasteiger partial charge in [-0.1, -0.05) is 18.2 Å². The SMILES string of the molecule is Cc1cc(C)cc(OCC(=O)O[C@@H](C)C(=O)NCCc2ccc(F)cc2)c1. The Balaban J connectivity index is 1.71. The minimum Gasteiger partial charge on any atom is -0.482 e. The number of halogens is 1. The Labute approximate surface area is 158 Å². The van der Waals surface area contributed by atoms with Crippen molar-refractivity contribution in [1.82, 2.24) is 5.32 Å². The maximum atomic E-state index is 12.8. The molecule has 0 spiro atoms. The van der Waals surface area contributed by atoms with Crippen LogP contribution in [0.25, 0.3) is 0 Å². The molecule has 0 aliphatic heterocycles. The number of rotatable bonds is 8. The molecule has 0 bridgehead atoms. The van der Waals surface area contributed by atoms with Crippen molar-refractivity contribution >= 4 is 11.9 Å². The van der Waals surface area contributed by atoms with Crippen molar-refractivity contribution in [1.29, 1.82) is 0 Å². The summed E-state index contributed by atoms with van der Waals surface area (Å²) in [6.07, 6.45) is -0.365. The number of ether oxygens (including phenoxy) is 2. The highest BCUT2D eigenvalue weighted by atomic mass is 19.1. The van der Waals surface area contributed by atoms with E-state index in [-0.39, 0.29) is 12.4 Å². The van der Waals surface area contributed by atoms with Crippen LogP contribution in [-0.4, -0.2) is 31.1 Å². The topological polar surface area (TPSA) is 64.6 Å². The number of esters is 1. The van der Waals surface area contributed by atoms with Crippen LogP contribution in [0.5, 0.6) is 5.75 Å². The summed E-state index contributed by atoms with van der Waals surface area (Å²) >= 11 is 0. The standard InChI is InChI=1S/C21H24FNO4/c1-14-10-15(2)12-19(11-14)26-13-20(24)27-16(3)21(25)23-9-8-17-4-6-18(22)7-5-17/h4-7,10-12,16H,8-9,13H2,1-3H3,(H,23,25)/t16-/m0/s1. The van der Waals surface area contributed by atoms with E-state index < -0.39 is 18.0 Å². The molecule has 6 heteroatoms. The van der Waals surface area contributed by atoms with Crippen LogP contribution >= 0.6 is 0 Å². The van der Waals surface area contributed by atoms with E-state index in [2.05, 4.69) is 5.32 Å². The smallest absolute Gasteiger partial charge is 0.344 e. The van der Waals surface area contributed by atoms with Gasteiger partial charge >= 0.3 is 5.97 Å². The third kappa shape index (κ3) is 7.09. The first-order valence-electron chi connectivity index (χ1n) is 8.76. The van der Waals surface area contributed by atoms with E-state index in [9.17, 15) is 14.0 Å². The number of hydrogen-bond acceptors (Lipinski definition) is 4. The molecular weight excluding hydrogens is 349 g/mol. The summed E-state index contributed by atoms with van der Waals surface area (Å²) < 4.78 is 23.4. The summed E-state index contributed by atoms with van der Waals surface area (Å²) in [5, 5.41) is 2.69. The first-order valence-corrected chi connectivity index (χ1v) is 8.76. The lowest BCUT2D eigenvalue weighted by Crippen LogP contribution is -2.37. The molecule has 0 radical (unpaired) electrons. The average molecular weight is 373 g/mol. The van der Waals surface area contributed by atoms with Crippen molar-refractivity contribution in [2.24, 2.45) is 0 Å². The van der Waals surface area contributed by atoms with Crippen molar-refractivity contribution in [3.63, 3.8) is 0 Å². The Morgan fingerprint density at radius 3 is 2.33 bits per heavy atom. The quantitative estimate of drug-likeness (QED) is 0.722. The van der Waals surface area contributed by atoms with Crippen LogP contribution in [0, 0.1) is 19.7 Å². The van der Waals surface area contributed by atoms with Gasteiger partial charge in [-0.05, 0) is 68.1 Å². The normalized spacial score (nSPS) is 11.6. The molecule has 0 saturated heterocycles. The summed E-state index contributed by atoms with van der Waals surface area (Å²) in [5.74, 6) is -0.723. The van der Waals surface area contributed by atoms with Gasteiger partial charge in [0.15, 0.2) is 12.7 Å². The lowest BCUT2D eigenvalue weighted by atomic mass is 10.1. The van der Waals surface area contributed by atoms with E-state index in [1.165, 1.54) is 19.1 Å². The number of hydrogen-bond donors (Lipinski definition) is 1. The van der Waals surface area contributed by atoms with E-state index in [4.69, 9.17) is 9.47 Å². The second-order valence-corrected chi connectivity index (χ2v) is 6.41. The Morgan fingerprint density at radius 1 is 1.07 bits per heavy atom. The van der Waals surface area contributed by atoms with Gasteiger partial charge in [-0.25, -0.2) is 9.18 Å². The molecule has 1 atom stereocenters. The van der Waals surface area contributed by atoms with E-state index in [1.807, 2.05) is 32.0 Å². The molecule has 2 aromatic carbocycles. The van der Waals surface area contributed by atoms with Gasteiger partial charge in [0.1, 0.15) is 11.6 Å². The third-order valence-electron chi connectivity index (χ3n) is 3.86. The van der Waals surface area contributed by atoms with E-state index in [0.717, 1.165) is 16.7 Å². The fourth-order valence-electron chi connectivity index (χ4n) is 2.57. The molecule has 144 valence electrons. The lowest BCUT2D eigenvalue weighted by Gasteiger charge is -2.14. The number of carbonyl (C=O) groups excluding carboxylic acids is 2. The van der Waals surface area contributed by atoms with Gasteiger partial charge in [0.05, 0.1) is 0 Å². The van der Waals surface area contributed by atoms with Gasteiger partial charge in [0.25, 0.3) is 5.91 Å². The van der Waals surface area contributed by atoms with Crippen LogP contribution in [0.4, 0.5) is 4.39 Å². The van der Waals surface area contributed by atoms with Crippen molar-refractivity contribution in [2.45, 2.75) is 33.3 Å². The van der Waals surface area contributed by atoms with Gasteiger partial charge in [-0.2, -0.15) is 0 Å². The second-order valence-electron chi connectivity index (χ2n) is 6.41. The number of benzene rings is 2. The highest BCUT2D eigenvalue weighted by Crippen LogP contribution is 2.16. The largest absolute Gasteiger partial charge is 0.482 e. The molecule has 0 aliphatic carbocycles. The molecule has 5 nitrogen and oxygen atoms in total. The average Bonchev–Trinajstić information content (AvgIpc) is 2.60. The molecule has 1 amide bonds. The fraction of sp³-hybridized carbons (Fsp3) is 0.333. The van der Waals surface area contributed by atoms with Gasteiger partial charge in [0, 0.05) is 6.54 Å². The summed E-state index contributed by atoms with van der Waals surface area (Å²) in [5.41, 5.74) is 2.97. The third-order valence-corrected chi connectivity index (χ3v) is 3.86. The molecule has 1 N–H and O–H groups in total. The van der Waals surface area contributed by atoms with Crippen LogP contribution in [0.15, 0.2) is 42.5 Å². The van der Waals surface area contributed by atoms with Crippen molar-refractivity contribution < 1.29 is 23.5 Å². The summed E-state index contributed by atoms with van der Waals surface area (Å²) in [7, 11) is 0. The molecule has 0 saturated carbocycles. The fourth-order valence-corrected chi connectivity index (χ4v) is 2.57. The molecule has 0 fully saturated rings. The van der Waals surface area contributed by atoms with Gasteiger partial charge in [0.2, 0.25) is 0 Å². The number of carbonyl (C=O) groups is 2. The zero-order valence-electron chi connectivity index (χ0n) is 15.8. The Morgan fingerprint density at radius 2 is 1.70 bits per heavy atom. The van der Waals surface area contributed by atoms with Gasteiger partial charge in [-0.15, -0.1) is 0 Å². The molecule has 2 rings (SSSR count). The summed E-state index contributed by atoms with van der Waals surface area (Å²) in [6.45, 7) is 5.48. The Kier molecular flexibility index (Phi) is 7.34. The number of amides is 1. The molecule has 0 aliphatic rings. The minimum atomic E-state index is -0.923. The first-order chi connectivity index (χ1) is 12.8. The number of aryl methyl sites for hydroxylation is 2. The Bertz CT molecular complexity index is 769. The second kappa shape index (κ2) is 9.71. The summed E-state index contributed by atoms with van der Waals surface area (Å²) in [6, 6.07) is 11.7. The van der Waals surface area contributed by atoms with Crippen LogP contribution in [0.3, 0.4) is 0 Å². The lowest BCUT2D eigenvalue weighted by molar-refractivity contribution is -0.156. The molecular formula is C21H24FNO4. The zero-order valence-corrected chi connectivity index (χ0v) is 15.8. The molecule has 0 heterocycles. The van der Waals surface area contributed by atoms with Gasteiger partial charge < -0.3 is 14.8 Å². The maximum Gasteiger partial charge on any atom is 0.344 e. The van der Waals surface area contributed by atoms with E-state index in [1.54, 1.807) is 12.1 Å². The zero-order chi connectivity index (χ0) is 19.8. The highest BCUT2D eigenvalue weighted by Gasteiger charge is 2.17. The van der Waals surface area contributed by atoms with Crippen LogP contribution in [-0.2, 0) is 20.7 Å². The van der Waals surface area contributed by atoms with Crippen molar-refractivity contribution in [3.8, 4) is 5.75 Å². The predicted octanol–water partition coefficient (Wildman–Crippen LogP) is 3.11. The van der Waals surface area contributed by atoms with Gasteiger partial charge in [-0.3, -0.25) is 4.79 Å². The highest BCUT2D eigenvalue weighted by molar-refractivity contribution is 5.83. The number of nitrogens with one attached hydrogen (secondary N) is 1.